The zero-order valence-electron chi connectivity index (χ0n) is 37.0. The standard InChI is InChI=1S/C63H38N4O2/c1-4-16-39(17-5-1)41-32-34-43(35-33-41)62-64-61(42-20-8-3-9-21-42)65-63(66-62)51-28-15-31-56-57(51)50-27-13-25-47(59(50)68-56)46-23-12-24-48-49-26-14-30-55(60(49)69-58(46)48)67-53-29-11-10-22-45(53)52-38-44(36-37-54(52)67)40-18-6-2-7-19-40/h1-38H. The van der Waals surface area contributed by atoms with Crippen LogP contribution in [0.15, 0.2) is 239 Å². The van der Waals surface area contributed by atoms with Crippen molar-refractivity contribution < 1.29 is 8.83 Å². The van der Waals surface area contributed by atoms with Gasteiger partial charge in [0.15, 0.2) is 23.1 Å². The molecule has 0 atom stereocenters. The average molecular weight is 883 g/mol. The molecule has 14 aromatic rings. The Morgan fingerprint density at radius 2 is 0.768 bits per heavy atom. The second-order valence-corrected chi connectivity index (χ2v) is 17.5. The van der Waals surface area contributed by atoms with E-state index in [-0.39, 0.29) is 0 Å². The molecule has 0 aliphatic rings. The summed E-state index contributed by atoms with van der Waals surface area (Å²) in [7, 11) is 0. The van der Waals surface area contributed by atoms with E-state index in [1.165, 1.54) is 21.9 Å². The Morgan fingerprint density at radius 1 is 0.290 bits per heavy atom. The number of nitrogens with zero attached hydrogens (tertiary/aromatic N) is 4. The zero-order chi connectivity index (χ0) is 45.4. The fourth-order valence-corrected chi connectivity index (χ4v) is 10.3. The largest absolute Gasteiger partial charge is 0.455 e. The fraction of sp³-hybridized carbons (Fsp3) is 0. The SMILES string of the molecule is c1ccc(-c2ccc(-c3nc(-c4ccccc4)nc(-c4cccc5oc6c(-c7cccc8c7oc7c(-n9c%10ccccc%10c%10cc(-c%11ccccc%11)ccc%109)cccc78)cccc6c45)n3)cc2)cc1. The van der Waals surface area contributed by atoms with Crippen molar-refractivity contribution in [2.45, 2.75) is 0 Å². The molecular weight excluding hydrogens is 845 g/mol. The lowest BCUT2D eigenvalue weighted by molar-refractivity contribution is 0.663. The van der Waals surface area contributed by atoms with E-state index in [0.717, 1.165) is 99.5 Å². The van der Waals surface area contributed by atoms with Gasteiger partial charge in [-0.2, -0.15) is 0 Å². The number of hydrogen-bond acceptors (Lipinski definition) is 5. The first kappa shape index (κ1) is 38.8. The van der Waals surface area contributed by atoms with E-state index < -0.39 is 0 Å². The van der Waals surface area contributed by atoms with Gasteiger partial charge in [-0.05, 0) is 52.6 Å². The van der Waals surface area contributed by atoms with E-state index in [1.807, 2.05) is 48.5 Å². The van der Waals surface area contributed by atoms with Crippen molar-refractivity contribution in [2.75, 3.05) is 0 Å². The van der Waals surface area contributed by atoms with Gasteiger partial charge in [0.1, 0.15) is 16.7 Å². The van der Waals surface area contributed by atoms with Gasteiger partial charge in [-0.1, -0.05) is 200 Å². The lowest BCUT2D eigenvalue weighted by atomic mass is 9.98. The molecule has 10 aromatic carbocycles. The molecule has 0 radical (unpaired) electrons. The molecule has 322 valence electrons. The molecule has 0 unspecified atom stereocenters. The van der Waals surface area contributed by atoms with Gasteiger partial charge in [0.25, 0.3) is 0 Å². The lowest BCUT2D eigenvalue weighted by Gasteiger charge is -2.10. The van der Waals surface area contributed by atoms with Crippen molar-refractivity contribution in [2.24, 2.45) is 0 Å². The molecule has 6 nitrogen and oxygen atoms in total. The van der Waals surface area contributed by atoms with Gasteiger partial charge in [0, 0.05) is 60.1 Å². The van der Waals surface area contributed by atoms with Crippen LogP contribution in [0.25, 0.3) is 139 Å². The third kappa shape index (κ3) is 6.30. The van der Waals surface area contributed by atoms with Crippen LogP contribution in [0.1, 0.15) is 0 Å². The van der Waals surface area contributed by atoms with E-state index >= 15 is 0 Å². The summed E-state index contributed by atoms with van der Waals surface area (Å²) >= 11 is 0. The van der Waals surface area contributed by atoms with Crippen molar-refractivity contribution in [3.8, 4) is 73.2 Å². The molecule has 0 bridgehead atoms. The van der Waals surface area contributed by atoms with Crippen molar-refractivity contribution >= 4 is 65.7 Å². The Balaban J connectivity index is 0.924. The number of benzene rings is 10. The minimum absolute atomic E-state index is 0.568. The summed E-state index contributed by atoms with van der Waals surface area (Å²) in [5.74, 6) is 1.76. The van der Waals surface area contributed by atoms with Crippen LogP contribution in [0.3, 0.4) is 0 Å². The molecule has 6 heteroatoms. The number of rotatable bonds is 7. The molecule has 0 aliphatic heterocycles. The predicted molar refractivity (Wildman–Crippen MR) is 281 cm³/mol. The minimum atomic E-state index is 0.568. The van der Waals surface area contributed by atoms with E-state index in [2.05, 4.69) is 187 Å². The van der Waals surface area contributed by atoms with Gasteiger partial charge in [-0.25, -0.2) is 15.0 Å². The van der Waals surface area contributed by atoms with Crippen LogP contribution >= 0.6 is 0 Å². The molecular formula is C63H38N4O2. The fourth-order valence-electron chi connectivity index (χ4n) is 10.3. The van der Waals surface area contributed by atoms with E-state index in [9.17, 15) is 0 Å². The van der Waals surface area contributed by atoms with Crippen molar-refractivity contribution in [3.63, 3.8) is 0 Å². The van der Waals surface area contributed by atoms with Crippen LogP contribution in [-0.4, -0.2) is 19.5 Å². The second kappa shape index (κ2) is 15.6. The van der Waals surface area contributed by atoms with Gasteiger partial charge in [-0.15, -0.1) is 0 Å². The summed E-state index contributed by atoms with van der Waals surface area (Å²) in [4.78, 5) is 15.4. The third-order valence-corrected chi connectivity index (χ3v) is 13.5. The van der Waals surface area contributed by atoms with Crippen LogP contribution < -0.4 is 0 Å². The van der Waals surface area contributed by atoms with Crippen LogP contribution in [0, 0.1) is 0 Å². The molecule has 0 fully saturated rings. The van der Waals surface area contributed by atoms with Crippen LogP contribution in [-0.2, 0) is 0 Å². The topological polar surface area (TPSA) is 69.9 Å². The van der Waals surface area contributed by atoms with Crippen LogP contribution in [0.4, 0.5) is 0 Å². The molecule has 0 saturated heterocycles. The van der Waals surface area contributed by atoms with Crippen LogP contribution in [0.5, 0.6) is 0 Å². The Hall–Kier alpha value is -9.39. The summed E-state index contributed by atoms with van der Waals surface area (Å²) in [6.45, 7) is 0. The normalized spacial score (nSPS) is 11.8. The molecule has 0 spiro atoms. The maximum absolute atomic E-state index is 7.15. The first-order chi connectivity index (χ1) is 34.2. The monoisotopic (exact) mass is 882 g/mol. The molecule has 0 aliphatic carbocycles. The molecule has 0 saturated carbocycles. The summed E-state index contributed by atoms with van der Waals surface area (Å²) in [6.07, 6.45) is 0. The summed E-state index contributed by atoms with van der Waals surface area (Å²) < 4.78 is 16.4. The Kier molecular flexibility index (Phi) is 8.79. The Morgan fingerprint density at radius 3 is 1.49 bits per heavy atom. The molecule has 0 amide bonds. The number of hydrogen-bond donors (Lipinski definition) is 0. The number of furan rings is 2. The number of fused-ring (bicyclic) bond motifs is 9. The zero-order valence-corrected chi connectivity index (χ0v) is 37.0. The highest BCUT2D eigenvalue weighted by Gasteiger charge is 2.23. The van der Waals surface area contributed by atoms with E-state index in [1.54, 1.807) is 0 Å². The van der Waals surface area contributed by atoms with Gasteiger partial charge < -0.3 is 13.4 Å². The van der Waals surface area contributed by atoms with Gasteiger partial charge in [-0.3, -0.25) is 0 Å². The van der Waals surface area contributed by atoms with Gasteiger partial charge >= 0.3 is 0 Å². The Labute approximate surface area is 396 Å². The maximum Gasteiger partial charge on any atom is 0.164 e. The highest BCUT2D eigenvalue weighted by Crippen LogP contribution is 2.45. The second-order valence-electron chi connectivity index (χ2n) is 17.5. The van der Waals surface area contributed by atoms with Crippen LogP contribution in [0.2, 0.25) is 0 Å². The molecule has 0 N–H and O–H groups in total. The molecule has 4 heterocycles. The molecule has 14 rings (SSSR count). The minimum Gasteiger partial charge on any atom is -0.455 e. The lowest BCUT2D eigenvalue weighted by Crippen LogP contribution is -2.00. The van der Waals surface area contributed by atoms with Gasteiger partial charge in [0.05, 0.1) is 16.7 Å². The quantitative estimate of drug-likeness (QED) is 0.159. The molecule has 69 heavy (non-hydrogen) atoms. The summed E-state index contributed by atoms with van der Waals surface area (Å²) in [5, 5.41) is 6.36. The van der Waals surface area contributed by atoms with E-state index in [0.29, 0.717) is 17.5 Å². The van der Waals surface area contributed by atoms with Crippen molar-refractivity contribution in [3.05, 3.63) is 231 Å². The highest BCUT2D eigenvalue weighted by atomic mass is 16.3. The first-order valence-corrected chi connectivity index (χ1v) is 23.2. The Bertz CT molecular complexity index is 4290. The predicted octanol–water partition coefficient (Wildman–Crippen LogP) is 16.8. The molecule has 4 aromatic heterocycles. The number of aromatic nitrogens is 4. The average Bonchev–Trinajstić information content (AvgIpc) is 4.11. The third-order valence-electron chi connectivity index (χ3n) is 13.5. The van der Waals surface area contributed by atoms with Crippen molar-refractivity contribution in [1.29, 1.82) is 0 Å². The van der Waals surface area contributed by atoms with Crippen molar-refractivity contribution in [1.82, 2.24) is 19.5 Å². The summed E-state index contributed by atoms with van der Waals surface area (Å²) in [5.41, 5.74) is 15.6. The first-order valence-electron chi connectivity index (χ1n) is 23.2. The summed E-state index contributed by atoms with van der Waals surface area (Å²) in [6, 6.07) is 80.2. The van der Waals surface area contributed by atoms with E-state index in [4.69, 9.17) is 23.8 Å². The smallest absolute Gasteiger partial charge is 0.164 e. The van der Waals surface area contributed by atoms with Gasteiger partial charge in [0.2, 0.25) is 0 Å². The highest BCUT2D eigenvalue weighted by molar-refractivity contribution is 6.19. The number of para-hydroxylation sites is 4. The maximum atomic E-state index is 7.15.